The zero-order valence-electron chi connectivity index (χ0n) is 3.80. The molecule has 0 unspecified atom stereocenters. The van der Waals surface area contributed by atoms with Crippen LogP contribution in [0.4, 0.5) is 4.39 Å². The number of nitrogens with one attached hydrogen (secondary N) is 1. The number of nitroso groups, excluding NO2 is 1. The van der Waals surface area contributed by atoms with Gasteiger partial charge in [0.05, 0.1) is 11.5 Å². The summed E-state index contributed by atoms with van der Waals surface area (Å²) in [5.41, 5.74) is 1.60. The molecular formula is C3H3FN2O2. The molecule has 5 heteroatoms. The number of allylic oxidation sites excluding steroid dienone is 1. The van der Waals surface area contributed by atoms with Crippen LogP contribution in [0.25, 0.3) is 0 Å². The van der Waals surface area contributed by atoms with Gasteiger partial charge in [-0.25, -0.2) is 9.82 Å². The van der Waals surface area contributed by atoms with Crippen molar-refractivity contribution in [3.63, 3.8) is 0 Å². The molecule has 0 aromatic carbocycles. The molecule has 0 spiro atoms. The smallest absolute Gasteiger partial charge is 0.180 e. The minimum absolute atomic E-state index is 0.0435. The molecule has 44 valence electrons. The Morgan fingerprint density at radius 1 is 1.75 bits per heavy atom. The summed E-state index contributed by atoms with van der Waals surface area (Å²) in [5.74, 6) is -1.07. The Morgan fingerprint density at radius 2 is 2.38 bits per heavy atom. The van der Waals surface area contributed by atoms with Gasteiger partial charge in [-0.3, -0.25) is 4.79 Å². The van der Waals surface area contributed by atoms with E-state index in [1.54, 1.807) is 5.43 Å². The highest BCUT2D eigenvalue weighted by Crippen LogP contribution is 1.84. The Hall–Kier alpha value is -1.26. The number of hydrogen-bond donors (Lipinski definition) is 1. The highest BCUT2D eigenvalue weighted by Gasteiger charge is 1.84. The van der Waals surface area contributed by atoms with Crippen molar-refractivity contribution in [2.45, 2.75) is 0 Å². The molecule has 0 aromatic heterocycles. The van der Waals surface area contributed by atoms with Gasteiger partial charge in [0.2, 0.25) is 0 Å². The monoisotopic (exact) mass is 118 g/mol. The third kappa shape index (κ3) is 2.95. The van der Waals surface area contributed by atoms with Gasteiger partial charge in [0.25, 0.3) is 0 Å². The first-order valence-electron chi connectivity index (χ1n) is 1.70. The van der Waals surface area contributed by atoms with E-state index in [9.17, 15) is 9.18 Å². The van der Waals surface area contributed by atoms with Crippen molar-refractivity contribution < 1.29 is 9.18 Å². The fourth-order valence-electron chi connectivity index (χ4n) is 0.122. The van der Waals surface area contributed by atoms with Crippen LogP contribution in [0.2, 0.25) is 0 Å². The number of hydrogen-bond acceptors (Lipinski definition) is 3. The van der Waals surface area contributed by atoms with E-state index in [-0.39, 0.29) is 6.29 Å². The van der Waals surface area contributed by atoms with Gasteiger partial charge in [0.1, 0.15) is 0 Å². The largest absolute Gasteiger partial charge is 0.295 e. The summed E-state index contributed by atoms with van der Waals surface area (Å²) in [6, 6.07) is 0. The van der Waals surface area contributed by atoms with Crippen molar-refractivity contribution in [2.75, 3.05) is 0 Å². The molecule has 0 amide bonds. The maximum Gasteiger partial charge on any atom is 0.180 e. The normalized spacial score (nSPS) is 10.4. The molecule has 0 saturated heterocycles. The van der Waals surface area contributed by atoms with E-state index in [4.69, 9.17) is 4.91 Å². The van der Waals surface area contributed by atoms with Crippen LogP contribution >= 0.6 is 0 Å². The zero-order valence-corrected chi connectivity index (χ0v) is 3.80. The van der Waals surface area contributed by atoms with Gasteiger partial charge >= 0.3 is 0 Å². The van der Waals surface area contributed by atoms with Crippen molar-refractivity contribution in [3.8, 4) is 0 Å². The summed E-state index contributed by atoms with van der Waals surface area (Å²) in [5, 5.41) is 2.05. The van der Waals surface area contributed by atoms with Crippen molar-refractivity contribution in [2.24, 2.45) is 5.29 Å². The molecule has 0 atom stereocenters. The van der Waals surface area contributed by atoms with Crippen LogP contribution in [0.5, 0.6) is 0 Å². The minimum Gasteiger partial charge on any atom is -0.295 e. The second kappa shape index (κ2) is 3.91. The van der Waals surface area contributed by atoms with Crippen LogP contribution in [-0.2, 0) is 4.79 Å². The summed E-state index contributed by atoms with van der Waals surface area (Å²) >= 11 is 0. The average Bonchev–Trinajstić information content (AvgIpc) is 1.83. The molecular weight excluding hydrogens is 115 g/mol. The minimum atomic E-state index is -1.07. The van der Waals surface area contributed by atoms with E-state index in [0.717, 1.165) is 0 Å². The number of halogens is 1. The molecule has 0 aromatic rings. The van der Waals surface area contributed by atoms with E-state index >= 15 is 0 Å². The lowest BCUT2D eigenvalue weighted by Gasteiger charge is -1.78. The van der Waals surface area contributed by atoms with Gasteiger partial charge in [-0.05, 0) is 0 Å². The van der Waals surface area contributed by atoms with Crippen molar-refractivity contribution in [1.29, 1.82) is 0 Å². The Bertz CT molecular complexity index is 122. The molecule has 0 bridgehead atoms. The highest BCUT2D eigenvalue weighted by molar-refractivity contribution is 5.69. The number of nitrogens with zero attached hydrogens (tertiary/aromatic N) is 1. The van der Waals surface area contributed by atoms with Gasteiger partial charge in [-0.1, -0.05) is 0 Å². The van der Waals surface area contributed by atoms with E-state index in [0.29, 0.717) is 6.20 Å². The summed E-state index contributed by atoms with van der Waals surface area (Å²) in [6.07, 6.45) is 0.512. The topological polar surface area (TPSA) is 58.5 Å². The van der Waals surface area contributed by atoms with Crippen LogP contribution < -0.4 is 5.43 Å². The maximum absolute atomic E-state index is 11.6. The van der Waals surface area contributed by atoms with E-state index < -0.39 is 5.83 Å². The van der Waals surface area contributed by atoms with E-state index in [1.807, 2.05) is 5.29 Å². The van der Waals surface area contributed by atoms with Gasteiger partial charge in [-0.15, -0.1) is 4.91 Å². The first kappa shape index (κ1) is 6.74. The molecule has 0 fully saturated rings. The standard InChI is InChI=1S/C3H3FN2O2/c4-3(2-7)1-5-6-8/h1-2H,(H,5,8)/b3-1+. The molecule has 8 heavy (non-hydrogen) atoms. The van der Waals surface area contributed by atoms with Crippen molar-refractivity contribution in [3.05, 3.63) is 16.9 Å². The molecule has 0 aliphatic rings. The number of aldehydes is 1. The zero-order chi connectivity index (χ0) is 6.41. The molecule has 0 aliphatic heterocycles. The number of rotatable bonds is 3. The summed E-state index contributed by atoms with van der Waals surface area (Å²) < 4.78 is 11.6. The SMILES string of the molecule is O=C/C(F)=C\NN=O. The van der Waals surface area contributed by atoms with Gasteiger partial charge in [0.15, 0.2) is 12.1 Å². The molecule has 4 nitrogen and oxygen atoms in total. The Balaban J connectivity index is 3.56. The third-order valence-corrected chi connectivity index (χ3v) is 0.368. The molecule has 0 rings (SSSR count). The maximum atomic E-state index is 11.6. The number of carbonyl (C=O) groups is 1. The fourth-order valence-corrected chi connectivity index (χ4v) is 0.122. The van der Waals surface area contributed by atoms with Crippen LogP contribution in [0, 0.1) is 4.91 Å². The van der Waals surface area contributed by atoms with Crippen molar-refractivity contribution >= 4 is 6.29 Å². The molecule has 0 saturated carbocycles. The van der Waals surface area contributed by atoms with Crippen molar-refractivity contribution in [1.82, 2.24) is 5.43 Å². The highest BCUT2D eigenvalue weighted by atomic mass is 19.1. The predicted molar refractivity (Wildman–Crippen MR) is 24.2 cm³/mol. The molecule has 1 N–H and O–H groups in total. The summed E-state index contributed by atoms with van der Waals surface area (Å²) in [7, 11) is 0. The second-order valence-electron chi connectivity index (χ2n) is 0.867. The van der Waals surface area contributed by atoms with Crippen LogP contribution in [0.15, 0.2) is 17.3 Å². The van der Waals surface area contributed by atoms with Crippen LogP contribution in [0.1, 0.15) is 0 Å². The second-order valence-corrected chi connectivity index (χ2v) is 0.867. The first-order chi connectivity index (χ1) is 3.81. The average molecular weight is 118 g/mol. The number of carbonyl (C=O) groups excluding carboxylic acids is 1. The summed E-state index contributed by atoms with van der Waals surface area (Å²) in [6.45, 7) is 0. The molecule has 0 heterocycles. The van der Waals surface area contributed by atoms with E-state index in [1.165, 1.54) is 0 Å². The first-order valence-corrected chi connectivity index (χ1v) is 1.70. The Labute approximate surface area is 44.3 Å². The van der Waals surface area contributed by atoms with Crippen LogP contribution in [0.3, 0.4) is 0 Å². The third-order valence-electron chi connectivity index (χ3n) is 0.368. The lowest BCUT2D eigenvalue weighted by Crippen LogP contribution is -1.91. The Morgan fingerprint density at radius 3 is 2.75 bits per heavy atom. The van der Waals surface area contributed by atoms with E-state index in [2.05, 4.69) is 0 Å². The fraction of sp³-hybridized carbons (Fsp3) is 0. The van der Waals surface area contributed by atoms with Crippen LogP contribution in [-0.4, -0.2) is 6.29 Å². The predicted octanol–water partition coefficient (Wildman–Crippen LogP) is 0.267. The lowest BCUT2D eigenvalue weighted by molar-refractivity contribution is -0.106. The molecule has 0 aliphatic carbocycles. The van der Waals surface area contributed by atoms with Gasteiger partial charge in [-0.2, -0.15) is 0 Å². The quantitative estimate of drug-likeness (QED) is 0.250. The Kier molecular flexibility index (Phi) is 3.30. The molecule has 0 radical (unpaired) electrons. The lowest BCUT2D eigenvalue weighted by atomic mass is 10.6. The van der Waals surface area contributed by atoms with Gasteiger partial charge in [0, 0.05) is 0 Å². The summed E-state index contributed by atoms with van der Waals surface area (Å²) in [4.78, 5) is 18.5. The van der Waals surface area contributed by atoms with Gasteiger partial charge < -0.3 is 0 Å².